The third-order valence-corrected chi connectivity index (χ3v) is 5.21. The van der Waals surface area contributed by atoms with Crippen LogP contribution in [0.3, 0.4) is 0 Å². The molecule has 1 aliphatic carbocycles. The van der Waals surface area contributed by atoms with Crippen LogP contribution in [0.4, 0.5) is 0 Å². The molecular weight excluding hydrogens is 290 g/mol. The normalized spacial score (nSPS) is 24.9. The average Bonchev–Trinajstić information content (AvgIpc) is 2.10. The summed E-state index contributed by atoms with van der Waals surface area (Å²) >= 11 is 3.48. The first-order valence-corrected chi connectivity index (χ1v) is 7.88. The van der Waals surface area contributed by atoms with Crippen molar-refractivity contribution in [3.8, 4) is 0 Å². The van der Waals surface area contributed by atoms with Gasteiger partial charge in [0.25, 0.3) is 0 Å². The Labute approximate surface area is 120 Å². The van der Waals surface area contributed by atoms with E-state index in [1.165, 1.54) is 6.42 Å². The first kappa shape index (κ1) is 16.0. The summed E-state index contributed by atoms with van der Waals surface area (Å²) in [6, 6.07) is 0.315. The number of halogens is 1. The van der Waals surface area contributed by atoms with E-state index in [-0.39, 0.29) is 10.7 Å². The quantitative estimate of drug-likeness (QED) is 0.779. The molecule has 3 heteroatoms. The molecule has 0 heterocycles. The van der Waals surface area contributed by atoms with Crippen molar-refractivity contribution in [3.63, 3.8) is 0 Å². The van der Waals surface area contributed by atoms with E-state index in [0.29, 0.717) is 22.8 Å². The van der Waals surface area contributed by atoms with Crippen molar-refractivity contribution < 1.29 is 4.79 Å². The second-order valence-corrected chi connectivity index (χ2v) is 8.75. The molecule has 18 heavy (non-hydrogen) atoms. The number of nitrogens with one attached hydrogen (secondary N) is 1. The van der Waals surface area contributed by atoms with Crippen molar-refractivity contribution in [1.29, 1.82) is 0 Å². The van der Waals surface area contributed by atoms with Gasteiger partial charge in [0, 0.05) is 6.04 Å². The van der Waals surface area contributed by atoms with Crippen LogP contribution in [0.25, 0.3) is 0 Å². The van der Waals surface area contributed by atoms with Gasteiger partial charge in [-0.2, -0.15) is 0 Å². The van der Waals surface area contributed by atoms with Crippen LogP contribution in [0, 0.1) is 16.7 Å². The zero-order valence-electron chi connectivity index (χ0n) is 12.6. The van der Waals surface area contributed by atoms with Crippen molar-refractivity contribution in [3.05, 3.63) is 0 Å². The molecule has 1 fully saturated rings. The van der Waals surface area contributed by atoms with Crippen LogP contribution in [-0.4, -0.2) is 16.8 Å². The van der Waals surface area contributed by atoms with Gasteiger partial charge in [-0.15, -0.1) is 0 Å². The minimum atomic E-state index is -0.0781. The fourth-order valence-corrected chi connectivity index (χ4v) is 3.66. The summed E-state index contributed by atoms with van der Waals surface area (Å²) in [4.78, 5) is 12.0. The molecule has 1 amide bonds. The molecule has 0 saturated heterocycles. The molecule has 0 bridgehead atoms. The standard InChI is InChI=1S/C15H28BrNO/c1-10(2)12(16)13(18)17-11-7-14(3,4)9-15(5,6)8-11/h10-12H,7-9H2,1-6H3,(H,17,18). The Balaban J connectivity index is 2.65. The first-order chi connectivity index (χ1) is 8.02. The third-order valence-electron chi connectivity index (χ3n) is 3.74. The van der Waals surface area contributed by atoms with E-state index >= 15 is 0 Å². The molecule has 1 rings (SSSR count). The molecule has 1 atom stereocenters. The highest BCUT2D eigenvalue weighted by molar-refractivity contribution is 9.10. The molecule has 0 aromatic rings. The number of carbonyl (C=O) groups is 1. The molecular formula is C15H28BrNO. The van der Waals surface area contributed by atoms with Gasteiger partial charge in [-0.25, -0.2) is 0 Å². The van der Waals surface area contributed by atoms with Gasteiger partial charge >= 0.3 is 0 Å². The largest absolute Gasteiger partial charge is 0.352 e. The van der Waals surface area contributed by atoms with Crippen LogP contribution in [0.2, 0.25) is 0 Å². The summed E-state index contributed by atoms with van der Waals surface area (Å²) in [5, 5.41) is 3.23. The highest BCUT2D eigenvalue weighted by atomic mass is 79.9. The van der Waals surface area contributed by atoms with Crippen molar-refractivity contribution in [2.45, 2.75) is 71.7 Å². The fraction of sp³-hybridized carbons (Fsp3) is 0.933. The molecule has 1 unspecified atom stereocenters. The number of rotatable bonds is 3. The zero-order valence-corrected chi connectivity index (χ0v) is 14.2. The van der Waals surface area contributed by atoms with E-state index in [9.17, 15) is 4.79 Å². The Morgan fingerprint density at radius 1 is 1.17 bits per heavy atom. The topological polar surface area (TPSA) is 29.1 Å². The van der Waals surface area contributed by atoms with Crippen molar-refractivity contribution in [1.82, 2.24) is 5.32 Å². The molecule has 0 aliphatic heterocycles. The molecule has 0 spiro atoms. The summed E-state index contributed by atoms with van der Waals surface area (Å²) in [6.07, 6.45) is 3.40. The van der Waals surface area contributed by atoms with Crippen molar-refractivity contribution in [2.24, 2.45) is 16.7 Å². The van der Waals surface area contributed by atoms with Crippen LogP contribution >= 0.6 is 15.9 Å². The minimum Gasteiger partial charge on any atom is -0.352 e. The van der Waals surface area contributed by atoms with Crippen LogP contribution in [0.15, 0.2) is 0 Å². The Hall–Kier alpha value is -0.0500. The molecule has 0 aromatic heterocycles. The predicted octanol–water partition coefficient (Wildman–Crippen LogP) is 4.13. The van der Waals surface area contributed by atoms with Crippen LogP contribution in [0.1, 0.15) is 60.8 Å². The van der Waals surface area contributed by atoms with Crippen LogP contribution < -0.4 is 5.32 Å². The number of hydrogen-bond acceptors (Lipinski definition) is 1. The van der Waals surface area contributed by atoms with Gasteiger partial charge in [0.2, 0.25) is 5.91 Å². The van der Waals surface area contributed by atoms with Gasteiger partial charge in [-0.05, 0) is 36.0 Å². The highest BCUT2D eigenvalue weighted by Gasteiger charge is 2.39. The average molecular weight is 318 g/mol. The van der Waals surface area contributed by atoms with Gasteiger partial charge in [0.1, 0.15) is 0 Å². The van der Waals surface area contributed by atoms with Crippen molar-refractivity contribution in [2.75, 3.05) is 0 Å². The number of amides is 1. The summed E-state index contributed by atoms with van der Waals surface area (Å²) in [5.41, 5.74) is 0.638. The minimum absolute atomic E-state index is 0.0781. The molecule has 1 saturated carbocycles. The SMILES string of the molecule is CC(C)C(Br)C(=O)NC1CC(C)(C)CC(C)(C)C1. The van der Waals surface area contributed by atoms with E-state index in [1.807, 2.05) is 0 Å². The number of alkyl halides is 1. The maximum Gasteiger partial charge on any atom is 0.234 e. The lowest BCUT2D eigenvalue weighted by Gasteiger charge is -2.45. The zero-order chi connectivity index (χ0) is 14.1. The number of hydrogen-bond donors (Lipinski definition) is 1. The second kappa shape index (κ2) is 5.52. The predicted molar refractivity (Wildman–Crippen MR) is 80.9 cm³/mol. The first-order valence-electron chi connectivity index (χ1n) is 6.97. The Morgan fingerprint density at radius 2 is 1.61 bits per heavy atom. The maximum absolute atomic E-state index is 12.1. The van der Waals surface area contributed by atoms with Gasteiger partial charge < -0.3 is 5.32 Å². The second-order valence-electron chi connectivity index (χ2n) is 7.76. The maximum atomic E-state index is 12.1. The Kier molecular flexibility index (Phi) is 4.91. The lowest BCUT2D eigenvalue weighted by molar-refractivity contribution is -0.122. The fourth-order valence-electron chi connectivity index (χ4n) is 3.53. The van der Waals surface area contributed by atoms with Crippen LogP contribution in [0.5, 0.6) is 0 Å². The highest BCUT2D eigenvalue weighted by Crippen LogP contribution is 2.45. The molecule has 0 aromatic carbocycles. The summed E-state index contributed by atoms with van der Waals surface area (Å²) < 4.78 is 0. The third kappa shape index (κ3) is 4.56. The van der Waals surface area contributed by atoms with E-state index < -0.39 is 0 Å². The summed E-state index contributed by atoms with van der Waals surface area (Å²) in [5.74, 6) is 0.470. The van der Waals surface area contributed by atoms with Gasteiger partial charge in [0.05, 0.1) is 4.83 Å². The molecule has 0 radical (unpaired) electrons. The monoisotopic (exact) mass is 317 g/mol. The van der Waals surface area contributed by atoms with E-state index in [2.05, 4.69) is 62.8 Å². The van der Waals surface area contributed by atoms with E-state index in [4.69, 9.17) is 0 Å². The lowest BCUT2D eigenvalue weighted by atomic mass is 9.63. The smallest absolute Gasteiger partial charge is 0.234 e. The molecule has 106 valence electrons. The van der Waals surface area contributed by atoms with E-state index in [1.54, 1.807) is 0 Å². The number of carbonyl (C=O) groups excluding carboxylic acids is 1. The van der Waals surface area contributed by atoms with Crippen LogP contribution in [-0.2, 0) is 4.79 Å². The van der Waals surface area contributed by atoms with Gasteiger partial charge in [-0.1, -0.05) is 57.5 Å². The molecule has 2 nitrogen and oxygen atoms in total. The summed E-state index contributed by atoms with van der Waals surface area (Å²) in [6.45, 7) is 13.4. The Morgan fingerprint density at radius 3 is 2.00 bits per heavy atom. The molecule has 1 N–H and O–H groups in total. The molecule has 1 aliphatic rings. The van der Waals surface area contributed by atoms with E-state index in [0.717, 1.165) is 12.8 Å². The van der Waals surface area contributed by atoms with Gasteiger partial charge in [0.15, 0.2) is 0 Å². The Bertz CT molecular complexity index is 294. The summed E-state index contributed by atoms with van der Waals surface area (Å²) in [7, 11) is 0. The van der Waals surface area contributed by atoms with Gasteiger partial charge in [-0.3, -0.25) is 4.79 Å². The lowest BCUT2D eigenvalue weighted by Crippen LogP contribution is -2.48. The van der Waals surface area contributed by atoms with Crippen molar-refractivity contribution >= 4 is 21.8 Å².